The first-order valence-electron chi connectivity index (χ1n) is 5.65. The van der Waals surface area contributed by atoms with Crippen molar-refractivity contribution in [2.75, 3.05) is 13.2 Å². The number of nitrogens with one attached hydrogen (secondary N) is 1. The quantitative estimate of drug-likeness (QED) is 0.851. The Kier molecular flexibility index (Phi) is 3.09. The fraction of sp³-hybridized carbons (Fsp3) is 0.455. The van der Waals surface area contributed by atoms with Gasteiger partial charge in [0.05, 0.1) is 17.5 Å². The van der Waals surface area contributed by atoms with E-state index in [2.05, 4.69) is 26.2 Å². The van der Waals surface area contributed by atoms with E-state index in [9.17, 15) is 0 Å². The molecule has 0 saturated carbocycles. The highest BCUT2D eigenvalue weighted by molar-refractivity contribution is 7.71. The van der Waals surface area contributed by atoms with Crippen LogP contribution in [0.25, 0.3) is 10.7 Å². The molecule has 3 rings (SSSR count). The summed E-state index contributed by atoms with van der Waals surface area (Å²) in [5.41, 5.74) is 0. The van der Waals surface area contributed by atoms with Crippen molar-refractivity contribution in [2.45, 2.75) is 18.9 Å². The summed E-state index contributed by atoms with van der Waals surface area (Å²) < 4.78 is 8.31. The third-order valence-electron chi connectivity index (χ3n) is 2.95. The largest absolute Gasteiger partial charge is 0.379 e. The van der Waals surface area contributed by atoms with Crippen LogP contribution in [0.2, 0.25) is 0 Å². The molecule has 1 atom stereocenters. The molecule has 2 aromatic rings. The van der Waals surface area contributed by atoms with Crippen LogP contribution in [0.1, 0.15) is 18.9 Å². The number of thiophene rings is 1. The Balaban J connectivity index is 2.03. The van der Waals surface area contributed by atoms with Gasteiger partial charge in [-0.2, -0.15) is 5.10 Å². The summed E-state index contributed by atoms with van der Waals surface area (Å²) in [5.74, 6) is 0.931. The highest BCUT2D eigenvalue weighted by Crippen LogP contribution is 2.28. The lowest BCUT2D eigenvalue weighted by Gasteiger charge is -2.24. The van der Waals surface area contributed by atoms with Crippen LogP contribution in [0.15, 0.2) is 17.5 Å². The molecule has 1 N–H and O–H groups in total. The SMILES string of the molecule is S=c1[nH]nc(-c2cccs2)n1C1CCCOC1. The lowest BCUT2D eigenvalue weighted by molar-refractivity contribution is 0.0592. The first-order chi connectivity index (χ1) is 8.36. The van der Waals surface area contributed by atoms with E-state index in [-0.39, 0.29) is 0 Å². The second-order valence-corrected chi connectivity index (χ2v) is 5.41. The Morgan fingerprint density at radius 2 is 2.53 bits per heavy atom. The van der Waals surface area contributed by atoms with Gasteiger partial charge in [-0.3, -0.25) is 9.67 Å². The maximum Gasteiger partial charge on any atom is 0.195 e. The van der Waals surface area contributed by atoms with Crippen molar-refractivity contribution in [3.63, 3.8) is 0 Å². The topological polar surface area (TPSA) is 42.8 Å². The standard InChI is InChI=1S/C11H13N3OS2/c16-11-13-12-10(9-4-2-6-17-9)14(11)8-3-1-5-15-7-8/h2,4,6,8H,1,3,5,7H2,(H,13,16). The van der Waals surface area contributed by atoms with E-state index in [0.29, 0.717) is 10.8 Å². The Labute approximate surface area is 108 Å². The summed E-state index contributed by atoms with van der Waals surface area (Å²) in [6.07, 6.45) is 2.19. The van der Waals surface area contributed by atoms with Crippen molar-refractivity contribution in [2.24, 2.45) is 0 Å². The zero-order valence-electron chi connectivity index (χ0n) is 9.26. The normalized spacial score (nSPS) is 20.6. The van der Waals surface area contributed by atoms with Gasteiger partial charge in [0, 0.05) is 6.61 Å². The van der Waals surface area contributed by atoms with Crippen LogP contribution in [0, 0.1) is 4.77 Å². The predicted molar refractivity (Wildman–Crippen MR) is 69.8 cm³/mol. The maximum atomic E-state index is 5.53. The summed E-state index contributed by atoms with van der Waals surface area (Å²) in [4.78, 5) is 1.14. The molecule has 0 radical (unpaired) electrons. The van der Waals surface area contributed by atoms with E-state index < -0.39 is 0 Å². The fourth-order valence-electron chi connectivity index (χ4n) is 2.15. The van der Waals surface area contributed by atoms with Gasteiger partial charge < -0.3 is 4.74 Å². The highest BCUT2D eigenvalue weighted by atomic mass is 32.1. The number of rotatable bonds is 2. The molecular weight excluding hydrogens is 254 g/mol. The molecule has 1 aliphatic heterocycles. The smallest absolute Gasteiger partial charge is 0.195 e. The van der Waals surface area contributed by atoms with Crippen LogP contribution in [-0.4, -0.2) is 28.0 Å². The Morgan fingerprint density at radius 3 is 3.24 bits per heavy atom. The number of ether oxygens (including phenoxy) is 1. The molecular formula is C11H13N3OS2. The molecule has 4 nitrogen and oxygen atoms in total. The zero-order valence-corrected chi connectivity index (χ0v) is 10.9. The third-order valence-corrected chi connectivity index (χ3v) is 4.10. The molecule has 0 spiro atoms. The van der Waals surface area contributed by atoms with E-state index in [1.807, 2.05) is 6.07 Å². The molecule has 0 amide bonds. The van der Waals surface area contributed by atoms with Crippen molar-refractivity contribution < 1.29 is 4.74 Å². The van der Waals surface area contributed by atoms with Crippen molar-refractivity contribution in [3.8, 4) is 10.7 Å². The van der Waals surface area contributed by atoms with Gasteiger partial charge in [-0.25, -0.2) is 0 Å². The minimum absolute atomic E-state index is 0.312. The minimum Gasteiger partial charge on any atom is -0.379 e. The molecule has 0 bridgehead atoms. The number of aromatic amines is 1. The van der Waals surface area contributed by atoms with Crippen LogP contribution >= 0.6 is 23.6 Å². The molecule has 0 aromatic carbocycles. The lowest BCUT2D eigenvalue weighted by Crippen LogP contribution is -2.22. The van der Waals surface area contributed by atoms with E-state index in [1.165, 1.54) is 0 Å². The van der Waals surface area contributed by atoms with Gasteiger partial charge in [0.1, 0.15) is 0 Å². The minimum atomic E-state index is 0.312. The molecule has 1 fully saturated rings. The summed E-state index contributed by atoms with van der Waals surface area (Å²) in [7, 11) is 0. The molecule has 90 valence electrons. The van der Waals surface area contributed by atoms with Crippen molar-refractivity contribution in [1.29, 1.82) is 0 Å². The Morgan fingerprint density at radius 1 is 1.59 bits per heavy atom. The molecule has 2 aromatic heterocycles. The van der Waals surface area contributed by atoms with Gasteiger partial charge >= 0.3 is 0 Å². The summed E-state index contributed by atoms with van der Waals surface area (Å²) >= 11 is 7.00. The van der Waals surface area contributed by atoms with Crippen LogP contribution in [-0.2, 0) is 4.74 Å². The van der Waals surface area contributed by atoms with Gasteiger partial charge in [-0.05, 0) is 36.5 Å². The van der Waals surface area contributed by atoms with E-state index in [1.54, 1.807) is 11.3 Å². The maximum absolute atomic E-state index is 5.53. The monoisotopic (exact) mass is 267 g/mol. The Bertz CT molecular complexity index is 537. The average Bonchev–Trinajstić information content (AvgIpc) is 2.98. The molecule has 6 heteroatoms. The van der Waals surface area contributed by atoms with Crippen LogP contribution in [0.3, 0.4) is 0 Å². The van der Waals surface area contributed by atoms with Gasteiger partial charge in [0.2, 0.25) is 0 Å². The molecule has 1 saturated heterocycles. The van der Waals surface area contributed by atoms with Gasteiger partial charge in [-0.15, -0.1) is 11.3 Å². The van der Waals surface area contributed by atoms with Crippen LogP contribution in [0.5, 0.6) is 0 Å². The Hall–Kier alpha value is -0.980. The molecule has 3 heterocycles. The molecule has 1 unspecified atom stereocenters. The highest BCUT2D eigenvalue weighted by Gasteiger charge is 2.21. The summed E-state index contributed by atoms with van der Waals surface area (Å²) in [6.45, 7) is 1.59. The van der Waals surface area contributed by atoms with E-state index in [4.69, 9.17) is 17.0 Å². The second-order valence-electron chi connectivity index (χ2n) is 4.07. The second kappa shape index (κ2) is 4.72. The van der Waals surface area contributed by atoms with Crippen LogP contribution in [0.4, 0.5) is 0 Å². The average molecular weight is 267 g/mol. The third kappa shape index (κ3) is 2.08. The number of hydrogen-bond acceptors (Lipinski definition) is 4. The van der Waals surface area contributed by atoms with Gasteiger partial charge in [-0.1, -0.05) is 6.07 Å². The van der Waals surface area contributed by atoms with Crippen LogP contribution < -0.4 is 0 Å². The number of H-pyrrole nitrogens is 1. The van der Waals surface area contributed by atoms with Crippen molar-refractivity contribution in [1.82, 2.24) is 14.8 Å². The zero-order chi connectivity index (χ0) is 11.7. The first kappa shape index (κ1) is 11.1. The number of nitrogens with zero attached hydrogens (tertiary/aromatic N) is 2. The number of aromatic nitrogens is 3. The molecule has 1 aliphatic rings. The fourth-order valence-corrected chi connectivity index (χ4v) is 3.14. The predicted octanol–water partition coefficient (Wildman–Crippen LogP) is 3.02. The molecule has 0 aliphatic carbocycles. The summed E-state index contributed by atoms with van der Waals surface area (Å²) in [6, 6.07) is 4.40. The van der Waals surface area contributed by atoms with Gasteiger partial charge in [0.25, 0.3) is 0 Å². The van der Waals surface area contributed by atoms with E-state index >= 15 is 0 Å². The summed E-state index contributed by atoms with van der Waals surface area (Å²) in [5, 5.41) is 9.27. The van der Waals surface area contributed by atoms with Crippen molar-refractivity contribution >= 4 is 23.6 Å². The van der Waals surface area contributed by atoms with E-state index in [0.717, 1.165) is 36.8 Å². The first-order valence-corrected chi connectivity index (χ1v) is 6.93. The van der Waals surface area contributed by atoms with Crippen molar-refractivity contribution in [3.05, 3.63) is 22.3 Å². The molecule has 17 heavy (non-hydrogen) atoms. The lowest BCUT2D eigenvalue weighted by atomic mass is 10.1. The number of hydrogen-bond donors (Lipinski definition) is 1. The van der Waals surface area contributed by atoms with Gasteiger partial charge in [0.15, 0.2) is 10.6 Å².